The molecule has 2 saturated carbocycles. The minimum Gasteiger partial charge on any atom is -0.391 e. The number of H-pyrrole nitrogens is 1. The van der Waals surface area contributed by atoms with Gasteiger partial charge < -0.3 is 20.4 Å². The summed E-state index contributed by atoms with van der Waals surface area (Å²) >= 11 is 0. The van der Waals surface area contributed by atoms with Crippen LogP contribution in [0.4, 0.5) is 4.39 Å². The first-order chi connectivity index (χ1) is 20.8. The molecule has 3 aliphatic rings. The summed E-state index contributed by atoms with van der Waals surface area (Å²) in [6.45, 7) is 5.33. The average Bonchev–Trinajstić information content (AvgIpc) is 3.84. The number of carbonyl (C=O) groups excluding carboxylic acids is 3. The summed E-state index contributed by atoms with van der Waals surface area (Å²) in [5.41, 5.74) is -0.240. The van der Waals surface area contributed by atoms with Crippen LogP contribution in [-0.4, -0.2) is 61.5 Å². The number of aromatic amines is 1. The monoisotopic (exact) mass is 604 g/mol. The van der Waals surface area contributed by atoms with E-state index in [0.29, 0.717) is 24.6 Å². The van der Waals surface area contributed by atoms with Crippen molar-refractivity contribution in [1.29, 1.82) is 5.41 Å². The molecule has 0 unspecified atom stereocenters. The molecule has 0 radical (unpaired) electrons. The number of carbonyl (C=O) groups is 3. The Morgan fingerprint density at radius 3 is 2.55 bits per heavy atom. The molecule has 1 aromatic heterocycles. The molecule has 2 aromatic rings. The molecule has 44 heavy (non-hydrogen) atoms. The second-order valence-corrected chi connectivity index (χ2v) is 14.1. The van der Waals surface area contributed by atoms with E-state index in [1.165, 1.54) is 23.3 Å². The second kappa shape index (κ2) is 12.9. The van der Waals surface area contributed by atoms with Gasteiger partial charge in [-0.2, -0.15) is 0 Å². The third-order valence-electron chi connectivity index (χ3n) is 9.03. The van der Waals surface area contributed by atoms with E-state index in [2.05, 4.69) is 22.1 Å². The summed E-state index contributed by atoms with van der Waals surface area (Å²) in [6.07, 6.45) is 9.03. The zero-order valence-corrected chi connectivity index (χ0v) is 26.1. The van der Waals surface area contributed by atoms with Crippen molar-refractivity contribution in [1.82, 2.24) is 14.9 Å². The summed E-state index contributed by atoms with van der Waals surface area (Å²) < 4.78 is 14.6. The third kappa shape index (κ3) is 7.78. The fourth-order valence-electron chi connectivity index (χ4n) is 6.29. The Balaban J connectivity index is 1.27. The summed E-state index contributed by atoms with van der Waals surface area (Å²) in [5.74, 6) is -1.29. The molecule has 0 spiro atoms. The van der Waals surface area contributed by atoms with Crippen LogP contribution in [0.25, 0.3) is 0 Å². The van der Waals surface area contributed by atoms with Crippen LogP contribution in [0.1, 0.15) is 95.3 Å². The predicted octanol–water partition coefficient (Wildman–Crippen LogP) is 5.66. The van der Waals surface area contributed by atoms with Crippen molar-refractivity contribution in [2.75, 3.05) is 6.54 Å². The Hall–Kier alpha value is -3.46. The molecule has 1 aromatic carbocycles. The molecule has 1 amide bonds. The van der Waals surface area contributed by atoms with Gasteiger partial charge in [-0.3, -0.25) is 14.4 Å². The molecule has 3 atom stereocenters. The minimum absolute atomic E-state index is 0.0403. The molecule has 3 N–H and O–H groups in total. The number of amides is 1. The number of imidazole rings is 1. The van der Waals surface area contributed by atoms with Crippen LogP contribution in [0, 0.1) is 22.7 Å². The van der Waals surface area contributed by atoms with Gasteiger partial charge in [0.2, 0.25) is 11.7 Å². The smallest absolute Gasteiger partial charge is 0.233 e. The fraction of sp³-hybridized carbons (Fsp3) is 0.571. The number of aliphatic hydroxyl groups is 1. The van der Waals surface area contributed by atoms with Crippen LogP contribution in [0.3, 0.4) is 0 Å². The number of aryl methyl sites for hydroxylation is 1. The number of benzene rings is 1. The zero-order valence-electron chi connectivity index (χ0n) is 26.1. The molecule has 236 valence electrons. The van der Waals surface area contributed by atoms with Crippen LogP contribution in [0.5, 0.6) is 0 Å². The number of Topliss-reactive ketones (excluding diaryl/α,β-unsaturated/α-hetero) is 1. The Morgan fingerprint density at radius 1 is 1.20 bits per heavy atom. The van der Waals surface area contributed by atoms with Crippen LogP contribution in [0.15, 0.2) is 48.2 Å². The largest absolute Gasteiger partial charge is 0.391 e. The predicted molar refractivity (Wildman–Crippen MR) is 166 cm³/mol. The second-order valence-electron chi connectivity index (χ2n) is 14.1. The highest BCUT2D eigenvalue weighted by Gasteiger charge is 2.55. The first kappa shape index (κ1) is 31.9. The molecule has 2 heterocycles. The number of hydrogen-bond acceptors (Lipinski definition) is 6. The molecule has 1 aliphatic heterocycles. The van der Waals surface area contributed by atoms with Crippen molar-refractivity contribution in [2.24, 2.45) is 17.3 Å². The van der Waals surface area contributed by atoms with Gasteiger partial charge in [0.25, 0.3) is 0 Å². The lowest BCUT2D eigenvalue weighted by molar-refractivity contribution is -0.138. The molecule has 3 fully saturated rings. The van der Waals surface area contributed by atoms with Gasteiger partial charge in [-0.05, 0) is 67.9 Å². The van der Waals surface area contributed by atoms with E-state index in [0.717, 1.165) is 30.5 Å². The van der Waals surface area contributed by atoms with Crippen LogP contribution in [0.2, 0.25) is 0 Å². The number of aromatic nitrogens is 2. The molecule has 0 bridgehead atoms. The molecule has 8 nitrogen and oxygen atoms in total. The van der Waals surface area contributed by atoms with Gasteiger partial charge in [-0.1, -0.05) is 56.7 Å². The Morgan fingerprint density at radius 2 is 1.91 bits per heavy atom. The summed E-state index contributed by atoms with van der Waals surface area (Å²) in [4.78, 5) is 49.0. The maximum atomic E-state index is 14.6. The highest BCUT2D eigenvalue weighted by Crippen LogP contribution is 2.44. The van der Waals surface area contributed by atoms with Crippen LogP contribution < -0.4 is 0 Å². The van der Waals surface area contributed by atoms with Crippen LogP contribution >= 0.6 is 0 Å². The van der Waals surface area contributed by atoms with Gasteiger partial charge in [-0.15, -0.1) is 0 Å². The number of allylic oxidation sites excluding steroid dienone is 2. The highest BCUT2D eigenvalue weighted by atomic mass is 19.1. The van der Waals surface area contributed by atoms with Crippen molar-refractivity contribution < 1.29 is 23.9 Å². The van der Waals surface area contributed by atoms with Gasteiger partial charge in [0.15, 0.2) is 11.5 Å². The maximum absolute atomic E-state index is 14.6. The Bertz CT molecular complexity index is 1420. The lowest BCUT2D eigenvalue weighted by Gasteiger charge is -2.35. The average molecular weight is 605 g/mol. The lowest BCUT2D eigenvalue weighted by Crippen LogP contribution is -2.48. The normalized spacial score (nSPS) is 22.1. The Labute approximate surface area is 259 Å². The fourth-order valence-corrected chi connectivity index (χ4v) is 6.29. The van der Waals surface area contributed by atoms with E-state index in [1.54, 1.807) is 33.0 Å². The number of nitrogens with one attached hydrogen (secondary N) is 2. The van der Waals surface area contributed by atoms with E-state index in [-0.39, 0.29) is 31.6 Å². The number of halogens is 1. The molecule has 5 rings (SSSR count). The molecular weight excluding hydrogens is 559 g/mol. The van der Waals surface area contributed by atoms with E-state index < -0.39 is 46.5 Å². The molecule has 2 aliphatic carbocycles. The molecule has 1 saturated heterocycles. The van der Waals surface area contributed by atoms with Crippen molar-refractivity contribution >= 4 is 23.2 Å². The van der Waals surface area contributed by atoms with Gasteiger partial charge in [-0.25, -0.2) is 9.37 Å². The number of hydrogen-bond donors (Lipinski definition) is 3. The first-order valence-electron chi connectivity index (χ1n) is 15.9. The topological polar surface area (TPSA) is 127 Å². The van der Waals surface area contributed by atoms with E-state index in [1.807, 2.05) is 18.2 Å². The Kier molecular flexibility index (Phi) is 9.35. The number of aliphatic hydroxyl groups excluding tert-OH is 1. The number of nitrogens with zero attached hydrogens (tertiary/aromatic N) is 2. The van der Waals surface area contributed by atoms with Crippen molar-refractivity contribution in [3.8, 4) is 0 Å². The standard InChI is InChI=1S/C35H45FN4O4/c1-34(2,3)29(30(37)31(43)35(36)14-15-35)33(44)40-21-27(42)19-28(40)32-38-20-25(39-32)17-24(16-23-12-13-23)18-26(41)11-7-10-22-8-5-4-6-9-22/h4-6,8-9,18,20,23,27-29,37,42H,7,10-17,19,21H2,1-3H3,(H,38,39)/b24-18+,37-30?/t27-,28+,29-/m1/s1. The molecule has 9 heteroatoms. The maximum Gasteiger partial charge on any atom is 0.233 e. The van der Waals surface area contributed by atoms with Crippen LogP contribution in [-0.2, 0) is 27.2 Å². The van der Waals surface area contributed by atoms with E-state index in [9.17, 15) is 23.9 Å². The third-order valence-corrected chi connectivity index (χ3v) is 9.03. The summed E-state index contributed by atoms with van der Waals surface area (Å²) in [6, 6.07) is 9.58. The number of alkyl halides is 1. The van der Waals surface area contributed by atoms with E-state index >= 15 is 0 Å². The van der Waals surface area contributed by atoms with Gasteiger partial charge in [0.1, 0.15) is 5.82 Å². The van der Waals surface area contributed by atoms with Crippen molar-refractivity contribution in [3.05, 3.63) is 65.3 Å². The minimum atomic E-state index is -2.03. The number of rotatable bonds is 14. The first-order valence-corrected chi connectivity index (χ1v) is 15.9. The van der Waals surface area contributed by atoms with Crippen molar-refractivity contribution in [3.63, 3.8) is 0 Å². The van der Waals surface area contributed by atoms with Crippen molar-refractivity contribution in [2.45, 2.75) is 103 Å². The SMILES string of the molecule is CC(C)(C)[C@H](C(=N)C(=O)C1(F)CC1)C(=O)N1C[C@H](O)C[C@H]1c1ncc(C/C(=C/C(=O)CCCc2ccccc2)CC2CC2)[nH]1. The molecular formula is C35H45FN4O4. The number of β-amino-alcohol motifs (C(OH)–C–C–N with tert-alkyl or cyclic N) is 1. The summed E-state index contributed by atoms with van der Waals surface area (Å²) in [7, 11) is 0. The lowest BCUT2D eigenvalue weighted by atomic mass is 9.75. The summed E-state index contributed by atoms with van der Waals surface area (Å²) in [5, 5.41) is 19.1. The van der Waals surface area contributed by atoms with Gasteiger partial charge >= 0.3 is 0 Å². The van der Waals surface area contributed by atoms with E-state index in [4.69, 9.17) is 5.41 Å². The highest BCUT2D eigenvalue weighted by molar-refractivity contribution is 6.46. The number of ketones is 2. The van der Waals surface area contributed by atoms with Gasteiger partial charge in [0.05, 0.1) is 23.8 Å². The quantitative estimate of drug-likeness (QED) is 0.190. The number of likely N-dealkylation sites (tertiary alicyclic amines) is 1. The van der Waals surface area contributed by atoms with Gasteiger partial charge in [0, 0.05) is 37.7 Å². The zero-order chi connectivity index (χ0) is 31.6.